The van der Waals surface area contributed by atoms with Gasteiger partial charge in [-0.3, -0.25) is 25.2 Å². The van der Waals surface area contributed by atoms with Crippen LogP contribution >= 0.6 is 0 Å². The Kier molecular flexibility index (Phi) is 2.75. The molecule has 0 heterocycles. The molecule has 1 aromatic carbocycles. The maximum absolute atomic E-state index is 10.6. The molecule has 0 spiro atoms. The van der Waals surface area contributed by atoms with Gasteiger partial charge in [-0.2, -0.15) is 0 Å². The number of aliphatic imine (C=N–C) groups is 1. The molecule has 0 N–H and O–H groups in total. The van der Waals surface area contributed by atoms with Crippen LogP contribution in [0.2, 0.25) is 0 Å². The molecule has 1 rings (SSSR count). The quantitative estimate of drug-likeness (QED) is 0.432. The molecular weight excluding hydrogens is 202 g/mol. The average molecular weight is 209 g/mol. The molecule has 0 bridgehead atoms. The van der Waals surface area contributed by atoms with Gasteiger partial charge < -0.3 is 0 Å². The Morgan fingerprint density at radius 3 is 2.13 bits per heavy atom. The highest BCUT2D eigenvalue weighted by Crippen LogP contribution is 2.33. The van der Waals surface area contributed by atoms with E-state index in [4.69, 9.17) is 0 Å². The topological polar surface area (TPSA) is 98.6 Å². The van der Waals surface area contributed by atoms with E-state index in [1.807, 2.05) is 0 Å². The molecule has 0 unspecified atom stereocenters. The van der Waals surface area contributed by atoms with Gasteiger partial charge in [0.15, 0.2) is 0 Å². The highest BCUT2D eigenvalue weighted by molar-refractivity contribution is 5.66. The maximum Gasteiger partial charge on any atom is 0.301 e. The van der Waals surface area contributed by atoms with Crippen LogP contribution in [0.5, 0.6) is 0 Å². The average Bonchev–Trinajstić information content (AvgIpc) is 2.16. The van der Waals surface area contributed by atoms with Crippen LogP contribution < -0.4 is 0 Å². The van der Waals surface area contributed by atoms with Crippen molar-refractivity contribution in [1.29, 1.82) is 0 Å². The first-order valence-corrected chi connectivity index (χ1v) is 3.87. The third-order valence-corrected chi connectivity index (χ3v) is 1.86. The molecule has 0 aliphatic heterocycles. The van der Waals surface area contributed by atoms with Gasteiger partial charge >= 0.3 is 5.69 Å². The molecule has 0 aliphatic rings. The zero-order chi connectivity index (χ0) is 11.6. The summed E-state index contributed by atoms with van der Waals surface area (Å²) in [6.07, 6.45) is 0. The van der Waals surface area contributed by atoms with Gasteiger partial charge in [0.05, 0.1) is 15.9 Å². The summed E-state index contributed by atoms with van der Waals surface area (Å²) in [5.41, 5.74) is -0.368. The number of hydrogen-bond donors (Lipinski definition) is 0. The monoisotopic (exact) mass is 209 g/mol. The predicted molar refractivity (Wildman–Crippen MR) is 53.7 cm³/mol. The molecule has 0 saturated heterocycles. The number of nitro groups is 2. The van der Waals surface area contributed by atoms with E-state index in [1.54, 1.807) is 0 Å². The molecule has 0 aromatic heterocycles. The van der Waals surface area contributed by atoms with E-state index >= 15 is 0 Å². The van der Waals surface area contributed by atoms with Gasteiger partial charge in [0.25, 0.3) is 5.69 Å². The second-order valence-electron chi connectivity index (χ2n) is 2.80. The van der Waals surface area contributed by atoms with Crippen molar-refractivity contribution < 1.29 is 9.85 Å². The van der Waals surface area contributed by atoms with Crippen LogP contribution in [0.1, 0.15) is 5.56 Å². The van der Waals surface area contributed by atoms with E-state index in [1.165, 1.54) is 13.0 Å². The summed E-state index contributed by atoms with van der Waals surface area (Å²) in [7, 11) is 0. The van der Waals surface area contributed by atoms with Gasteiger partial charge in [0.2, 0.25) is 0 Å². The number of benzene rings is 1. The van der Waals surface area contributed by atoms with Crippen molar-refractivity contribution in [3.8, 4) is 0 Å². The zero-order valence-corrected chi connectivity index (χ0v) is 7.84. The zero-order valence-electron chi connectivity index (χ0n) is 7.84. The van der Waals surface area contributed by atoms with Gasteiger partial charge in [0.1, 0.15) is 5.69 Å². The van der Waals surface area contributed by atoms with Crippen molar-refractivity contribution in [3.63, 3.8) is 0 Å². The normalized spacial score (nSPS) is 9.67. The van der Waals surface area contributed by atoms with E-state index in [0.29, 0.717) is 5.56 Å². The molecule has 0 radical (unpaired) electrons. The van der Waals surface area contributed by atoms with E-state index < -0.39 is 15.5 Å². The summed E-state index contributed by atoms with van der Waals surface area (Å²) in [4.78, 5) is 23.1. The molecule has 0 aliphatic carbocycles. The highest BCUT2D eigenvalue weighted by atomic mass is 16.6. The SMILES string of the molecule is C=Nc1cc(C)c([N+](=O)[O-])cc1[N+](=O)[O-]. The first-order valence-electron chi connectivity index (χ1n) is 3.87. The summed E-state index contributed by atoms with van der Waals surface area (Å²) in [6.45, 7) is 4.65. The van der Waals surface area contributed by atoms with Crippen LogP contribution in [-0.2, 0) is 0 Å². The van der Waals surface area contributed by atoms with Crippen molar-refractivity contribution in [2.45, 2.75) is 6.92 Å². The van der Waals surface area contributed by atoms with E-state index in [9.17, 15) is 20.2 Å². The molecule has 0 fully saturated rings. The summed E-state index contributed by atoms with van der Waals surface area (Å²) in [6, 6.07) is 2.16. The largest absolute Gasteiger partial charge is 0.301 e. The van der Waals surface area contributed by atoms with Gasteiger partial charge in [-0.1, -0.05) is 0 Å². The lowest BCUT2D eigenvalue weighted by atomic mass is 10.1. The van der Waals surface area contributed by atoms with E-state index in [2.05, 4.69) is 11.7 Å². The first kappa shape index (κ1) is 10.8. The third-order valence-electron chi connectivity index (χ3n) is 1.86. The van der Waals surface area contributed by atoms with E-state index in [-0.39, 0.29) is 11.4 Å². The lowest BCUT2D eigenvalue weighted by Crippen LogP contribution is -1.95. The molecule has 0 atom stereocenters. The van der Waals surface area contributed by atoms with Crippen LogP contribution in [0.3, 0.4) is 0 Å². The third kappa shape index (κ3) is 1.96. The standard InChI is InChI=1S/C8H7N3O4/c1-5-3-6(9-2)8(11(14)15)4-7(5)10(12)13/h3-4H,2H2,1H3. The summed E-state index contributed by atoms with van der Waals surface area (Å²) >= 11 is 0. The van der Waals surface area contributed by atoms with Gasteiger partial charge in [-0.25, -0.2) is 0 Å². The van der Waals surface area contributed by atoms with Crippen molar-refractivity contribution in [3.05, 3.63) is 37.9 Å². The van der Waals surface area contributed by atoms with Crippen molar-refractivity contribution >= 4 is 23.8 Å². The van der Waals surface area contributed by atoms with Crippen LogP contribution in [0.15, 0.2) is 17.1 Å². The van der Waals surface area contributed by atoms with Gasteiger partial charge in [-0.05, 0) is 19.7 Å². The Hall–Kier alpha value is -2.31. The molecular formula is C8H7N3O4. The maximum atomic E-state index is 10.6. The van der Waals surface area contributed by atoms with Crippen molar-refractivity contribution in [2.75, 3.05) is 0 Å². The minimum atomic E-state index is -0.726. The lowest BCUT2D eigenvalue weighted by Gasteiger charge is -2.00. The fourth-order valence-electron chi connectivity index (χ4n) is 1.14. The fraction of sp³-hybridized carbons (Fsp3) is 0.125. The summed E-state index contributed by atoms with van der Waals surface area (Å²) in [5.74, 6) is 0. The second kappa shape index (κ2) is 3.82. The Morgan fingerprint density at radius 2 is 1.73 bits per heavy atom. The van der Waals surface area contributed by atoms with Crippen LogP contribution in [0.25, 0.3) is 0 Å². The van der Waals surface area contributed by atoms with Gasteiger partial charge in [-0.15, -0.1) is 0 Å². The summed E-state index contributed by atoms with van der Waals surface area (Å²) < 4.78 is 0. The Labute approximate surface area is 84.4 Å². The Bertz CT molecular complexity index is 455. The molecule has 1 aromatic rings. The molecule has 0 saturated carbocycles. The van der Waals surface area contributed by atoms with Crippen LogP contribution in [-0.4, -0.2) is 16.6 Å². The first-order chi connectivity index (χ1) is 6.97. The number of aryl methyl sites for hydroxylation is 1. The number of nitro benzene ring substituents is 2. The van der Waals surface area contributed by atoms with Crippen molar-refractivity contribution in [2.24, 2.45) is 4.99 Å². The summed E-state index contributed by atoms with van der Waals surface area (Å²) in [5, 5.41) is 21.1. The molecule has 15 heavy (non-hydrogen) atoms. The molecule has 7 heteroatoms. The van der Waals surface area contributed by atoms with E-state index in [0.717, 1.165) is 6.07 Å². The predicted octanol–water partition coefficient (Wildman–Crippen LogP) is 2.14. The minimum Gasteiger partial charge on any atom is -0.258 e. The smallest absolute Gasteiger partial charge is 0.258 e. The number of hydrogen-bond acceptors (Lipinski definition) is 5. The lowest BCUT2D eigenvalue weighted by molar-refractivity contribution is -0.394. The van der Waals surface area contributed by atoms with Crippen molar-refractivity contribution in [1.82, 2.24) is 0 Å². The van der Waals surface area contributed by atoms with Crippen LogP contribution in [0.4, 0.5) is 17.1 Å². The number of nitrogens with zero attached hydrogens (tertiary/aromatic N) is 3. The molecule has 7 nitrogen and oxygen atoms in total. The second-order valence-corrected chi connectivity index (χ2v) is 2.80. The molecule has 0 amide bonds. The highest BCUT2D eigenvalue weighted by Gasteiger charge is 2.21. The fourth-order valence-corrected chi connectivity index (χ4v) is 1.14. The molecule has 78 valence electrons. The minimum absolute atomic E-state index is 0.0306. The number of rotatable bonds is 3. The Balaban J connectivity index is 3.50. The van der Waals surface area contributed by atoms with Gasteiger partial charge in [0, 0.05) is 5.56 Å². The van der Waals surface area contributed by atoms with Crippen LogP contribution in [0, 0.1) is 27.2 Å². The Morgan fingerprint density at radius 1 is 1.20 bits per heavy atom.